The fourth-order valence-electron chi connectivity index (χ4n) is 1.97. The van der Waals surface area contributed by atoms with Crippen LogP contribution in [0, 0.1) is 5.92 Å². The lowest BCUT2D eigenvalue weighted by Gasteiger charge is -2.20. The van der Waals surface area contributed by atoms with Crippen LogP contribution in [0.25, 0.3) is 0 Å². The smallest absolute Gasteiger partial charge is 0.346 e. The number of rotatable bonds is 3. The summed E-state index contributed by atoms with van der Waals surface area (Å²) in [7, 11) is 0. The third kappa shape index (κ3) is 2.91. The van der Waals surface area contributed by atoms with Crippen molar-refractivity contribution in [3.63, 3.8) is 0 Å². The zero-order chi connectivity index (χ0) is 14.3. The van der Waals surface area contributed by atoms with E-state index in [0.29, 0.717) is 0 Å². The molecule has 0 bridgehead atoms. The van der Waals surface area contributed by atoms with Crippen LogP contribution in [0.4, 0.5) is 13.2 Å². The summed E-state index contributed by atoms with van der Waals surface area (Å²) < 4.78 is 37.4. The lowest BCUT2D eigenvalue weighted by atomic mass is 10.0. The second-order valence-electron chi connectivity index (χ2n) is 5.30. The van der Waals surface area contributed by atoms with Crippen molar-refractivity contribution in [1.29, 1.82) is 0 Å². The predicted octanol–water partition coefficient (Wildman–Crippen LogP) is 3.47. The minimum absolute atomic E-state index is 0.0719. The van der Waals surface area contributed by atoms with E-state index >= 15 is 0 Å². The van der Waals surface area contributed by atoms with E-state index < -0.39 is 17.3 Å². The Morgan fingerprint density at radius 3 is 2.11 bits per heavy atom. The molecular weight excluding hydrogens is 255 g/mol. The molecule has 19 heavy (non-hydrogen) atoms. The Bertz CT molecular complexity index is 472. The maximum Gasteiger partial charge on any atom is 0.416 e. The van der Waals surface area contributed by atoms with Crippen LogP contribution in [0.5, 0.6) is 0 Å². The van der Waals surface area contributed by atoms with Crippen molar-refractivity contribution in [3.05, 3.63) is 35.4 Å². The minimum Gasteiger partial charge on any atom is -0.346 e. The zero-order valence-electron chi connectivity index (χ0n) is 10.8. The molecule has 5 heteroatoms. The SMILES string of the molecule is CC(C)C(=O)NC1(c2ccc(C(F)(F)F)cc2)CC1. The summed E-state index contributed by atoms with van der Waals surface area (Å²) in [6, 6.07) is 5.04. The van der Waals surface area contributed by atoms with Crippen LogP contribution < -0.4 is 5.32 Å². The molecule has 1 aliphatic rings. The summed E-state index contributed by atoms with van der Waals surface area (Å²) in [6.45, 7) is 3.58. The first-order valence-corrected chi connectivity index (χ1v) is 6.24. The number of halogens is 3. The third-order valence-electron chi connectivity index (χ3n) is 3.40. The molecule has 1 aromatic carbocycles. The molecule has 104 valence electrons. The van der Waals surface area contributed by atoms with Gasteiger partial charge in [-0.05, 0) is 30.5 Å². The Hall–Kier alpha value is -1.52. The molecule has 2 rings (SSSR count). The molecule has 0 atom stereocenters. The zero-order valence-corrected chi connectivity index (χ0v) is 10.8. The largest absolute Gasteiger partial charge is 0.416 e. The van der Waals surface area contributed by atoms with Crippen molar-refractivity contribution in [3.8, 4) is 0 Å². The second kappa shape index (κ2) is 4.54. The average Bonchev–Trinajstić information content (AvgIpc) is 3.09. The van der Waals surface area contributed by atoms with E-state index in [1.165, 1.54) is 12.1 Å². The van der Waals surface area contributed by atoms with Crippen molar-refractivity contribution in [1.82, 2.24) is 5.32 Å². The van der Waals surface area contributed by atoms with Gasteiger partial charge in [-0.2, -0.15) is 13.2 Å². The van der Waals surface area contributed by atoms with Gasteiger partial charge in [0.2, 0.25) is 5.91 Å². The van der Waals surface area contributed by atoms with Gasteiger partial charge in [-0.15, -0.1) is 0 Å². The van der Waals surface area contributed by atoms with Crippen LogP contribution in [0.2, 0.25) is 0 Å². The van der Waals surface area contributed by atoms with E-state index in [4.69, 9.17) is 0 Å². The van der Waals surface area contributed by atoms with Gasteiger partial charge in [0.05, 0.1) is 11.1 Å². The predicted molar refractivity (Wildman–Crippen MR) is 65.3 cm³/mol. The Balaban J connectivity index is 2.16. The summed E-state index contributed by atoms with van der Waals surface area (Å²) in [5, 5.41) is 2.92. The van der Waals surface area contributed by atoms with Crippen molar-refractivity contribution in [2.75, 3.05) is 0 Å². The van der Waals surface area contributed by atoms with Gasteiger partial charge in [-0.3, -0.25) is 4.79 Å². The number of nitrogens with one attached hydrogen (secondary N) is 1. The summed E-state index contributed by atoms with van der Waals surface area (Å²) in [4.78, 5) is 11.7. The average molecular weight is 271 g/mol. The number of hydrogen-bond donors (Lipinski definition) is 1. The first kappa shape index (κ1) is 13.9. The van der Waals surface area contributed by atoms with Gasteiger partial charge in [-0.1, -0.05) is 26.0 Å². The summed E-state index contributed by atoms with van der Waals surface area (Å²) in [5.41, 5.74) is -0.373. The Morgan fingerprint density at radius 2 is 1.74 bits per heavy atom. The number of hydrogen-bond acceptors (Lipinski definition) is 1. The highest BCUT2D eigenvalue weighted by Gasteiger charge is 2.46. The first-order valence-electron chi connectivity index (χ1n) is 6.24. The van der Waals surface area contributed by atoms with E-state index in [1.807, 2.05) is 0 Å². The first-order chi connectivity index (χ1) is 8.74. The van der Waals surface area contributed by atoms with Crippen LogP contribution in [0.15, 0.2) is 24.3 Å². The minimum atomic E-state index is -4.32. The quantitative estimate of drug-likeness (QED) is 0.896. The van der Waals surface area contributed by atoms with Crippen molar-refractivity contribution < 1.29 is 18.0 Å². The molecule has 0 radical (unpaired) electrons. The molecule has 0 heterocycles. The molecule has 1 aromatic rings. The van der Waals surface area contributed by atoms with Gasteiger partial charge in [0.25, 0.3) is 0 Å². The lowest BCUT2D eigenvalue weighted by Crippen LogP contribution is -2.37. The topological polar surface area (TPSA) is 29.1 Å². The molecule has 1 aliphatic carbocycles. The standard InChI is InChI=1S/C14H16F3NO/c1-9(2)12(19)18-13(7-8-13)10-3-5-11(6-4-10)14(15,16)17/h3-6,9H,7-8H2,1-2H3,(H,18,19). The van der Waals surface area contributed by atoms with E-state index in [-0.39, 0.29) is 11.8 Å². The highest BCUT2D eigenvalue weighted by Crippen LogP contribution is 2.46. The Morgan fingerprint density at radius 1 is 1.21 bits per heavy atom. The highest BCUT2D eigenvalue weighted by atomic mass is 19.4. The van der Waals surface area contributed by atoms with Crippen molar-refractivity contribution in [2.24, 2.45) is 5.92 Å². The molecule has 2 nitrogen and oxygen atoms in total. The number of benzene rings is 1. The fourth-order valence-corrected chi connectivity index (χ4v) is 1.97. The van der Waals surface area contributed by atoms with Gasteiger partial charge in [0, 0.05) is 5.92 Å². The molecule has 0 aliphatic heterocycles. The molecule has 1 N–H and O–H groups in total. The van der Waals surface area contributed by atoms with Gasteiger partial charge < -0.3 is 5.32 Å². The van der Waals surface area contributed by atoms with Crippen LogP contribution in [-0.4, -0.2) is 5.91 Å². The van der Waals surface area contributed by atoms with Gasteiger partial charge >= 0.3 is 6.18 Å². The number of carbonyl (C=O) groups is 1. The van der Waals surface area contributed by atoms with E-state index in [2.05, 4.69) is 5.32 Å². The third-order valence-corrected chi connectivity index (χ3v) is 3.40. The summed E-state index contributed by atoms with van der Waals surface area (Å²) in [6.07, 6.45) is -2.77. The molecule has 0 unspecified atom stereocenters. The molecule has 1 amide bonds. The van der Waals surface area contributed by atoms with Crippen molar-refractivity contribution in [2.45, 2.75) is 38.4 Å². The van der Waals surface area contributed by atoms with Crippen molar-refractivity contribution >= 4 is 5.91 Å². The van der Waals surface area contributed by atoms with Gasteiger partial charge in [0.1, 0.15) is 0 Å². The summed E-state index contributed by atoms with van der Waals surface area (Å²) >= 11 is 0. The molecule has 0 spiro atoms. The molecule has 0 aromatic heterocycles. The molecule has 1 saturated carbocycles. The number of amides is 1. The van der Waals surface area contributed by atoms with E-state index in [9.17, 15) is 18.0 Å². The second-order valence-corrected chi connectivity index (χ2v) is 5.30. The van der Waals surface area contributed by atoms with Crippen LogP contribution in [-0.2, 0) is 16.5 Å². The Kier molecular flexibility index (Phi) is 3.32. The normalized spacial score (nSPS) is 17.4. The fraction of sp³-hybridized carbons (Fsp3) is 0.500. The summed E-state index contributed by atoms with van der Waals surface area (Å²) in [5.74, 6) is -0.204. The van der Waals surface area contributed by atoms with Crippen LogP contribution in [0.3, 0.4) is 0 Å². The Labute approximate surface area is 110 Å². The monoisotopic (exact) mass is 271 g/mol. The van der Waals surface area contributed by atoms with E-state index in [0.717, 1.165) is 30.5 Å². The molecular formula is C14H16F3NO. The molecule has 1 fully saturated rings. The van der Waals surface area contributed by atoms with Gasteiger partial charge in [-0.25, -0.2) is 0 Å². The number of carbonyl (C=O) groups excluding carboxylic acids is 1. The molecule has 0 saturated heterocycles. The van der Waals surface area contributed by atoms with E-state index in [1.54, 1.807) is 13.8 Å². The maximum absolute atomic E-state index is 12.5. The van der Waals surface area contributed by atoms with Crippen LogP contribution >= 0.6 is 0 Å². The lowest BCUT2D eigenvalue weighted by molar-refractivity contribution is -0.137. The maximum atomic E-state index is 12.5. The number of alkyl halides is 3. The highest BCUT2D eigenvalue weighted by molar-refractivity contribution is 5.79. The van der Waals surface area contributed by atoms with Gasteiger partial charge in [0.15, 0.2) is 0 Å². The van der Waals surface area contributed by atoms with Crippen LogP contribution in [0.1, 0.15) is 37.8 Å².